The van der Waals surface area contributed by atoms with E-state index in [1.54, 1.807) is 17.9 Å². The molecule has 5 nitrogen and oxygen atoms in total. The van der Waals surface area contributed by atoms with Gasteiger partial charge in [0.25, 0.3) is 11.6 Å². The van der Waals surface area contributed by atoms with Crippen molar-refractivity contribution >= 4 is 23.2 Å². The van der Waals surface area contributed by atoms with Crippen molar-refractivity contribution in [3.05, 3.63) is 39.4 Å². The summed E-state index contributed by atoms with van der Waals surface area (Å²) in [6.07, 6.45) is 1.78. The van der Waals surface area contributed by atoms with Gasteiger partial charge in [-0.05, 0) is 31.2 Å². The molecule has 0 spiro atoms. The maximum atomic E-state index is 12.5. The van der Waals surface area contributed by atoms with Crippen molar-refractivity contribution in [3.8, 4) is 0 Å². The third-order valence-corrected chi connectivity index (χ3v) is 4.22. The number of likely N-dealkylation sites (tertiary alicyclic amines) is 1. The second-order valence-corrected chi connectivity index (χ2v) is 5.45. The Morgan fingerprint density at radius 3 is 2.65 bits per heavy atom. The van der Waals surface area contributed by atoms with Gasteiger partial charge in [-0.15, -0.1) is 11.6 Å². The smallest absolute Gasteiger partial charge is 0.270 e. The van der Waals surface area contributed by atoms with E-state index in [-0.39, 0.29) is 11.6 Å². The number of carbonyl (C=O) groups excluding carboxylic acids is 1. The minimum Gasteiger partial charge on any atom is -0.339 e. The highest BCUT2D eigenvalue weighted by Crippen LogP contribution is 2.23. The average Bonchev–Trinajstić information content (AvgIpc) is 2.47. The van der Waals surface area contributed by atoms with Gasteiger partial charge in [0.05, 0.1) is 4.92 Å². The number of hydrogen-bond acceptors (Lipinski definition) is 3. The molecule has 0 atom stereocenters. The van der Waals surface area contributed by atoms with Crippen LogP contribution in [0.2, 0.25) is 0 Å². The molecule has 0 N–H and O–H groups in total. The van der Waals surface area contributed by atoms with Gasteiger partial charge in [-0.3, -0.25) is 14.9 Å². The lowest BCUT2D eigenvalue weighted by molar-refractivity contribution is -0.384. The number of hydrogen-bond donors (Lipinski definition) is 0. The minimum atomic E-state index is -0.476. The van der Waals surface area contributed by atoms with Gasteiger partial charge < -0.3 is 4.90 Å². The monoisotopic (exact) mass is 296 g/mol. The van der Waals surface area contributed by atoms with E-state index in [4.69, 9.17) is 11.6 Å². The van der Waals surface area contributed by atoms with Crippen LogP contribution in [-0.4, -0.2) is 34.7 Å². The lowest BCUT2D eigenvalue weighted by Gasteiger charge is -2.31. The Morgan fingerprint density at radius 1 is 1.45 bits per heavy atom. The molecule has 0 aromatic heterocycles. The summed E-state index contributed by atoms with van der Waals surface area (Å²) in [5.74, 6) is 0.962. The van der Waals surface area contributed by atoms with Crippen LogP contribution in [0.5, 0.6) is 0 Å². The quantitative estimate of drug-likeness (QED) is 0.489. The van der Waals surface area contributed by atoms with Crippen LogP contribution in [0.15, 0.2) is 18.2 Å². The number of piperidine rings is 1. The third kappa shape index (κ3) is 3.10. The second-order valence-electron chi connectivity index (χ2n) is 5.15. The van der Waals surface area contributed by atoms with Crippen molar-refractivity contribution < 1.29 is 9.72 Å². The van der Waals surface area contributed by atoms with Gasteiger partial charge in [0.1, 0.15) is 0 Å². The molecule has 1 saturated heterocycles. The molecule has 1 aliphatic heterocycles. The summed E-state index contributed by atoms with van der Waals surface area (Å²) in [6.45, 7) is 3.12. The fourth-order valence-corrected chi connectivity index (χ4v) is 2.72. The Hall–Kier alpha value is -1.62. The Kier molecular flexibility index (Phi) is 4.60. The minimum absolute atomic E-state index is 0.0467. The molecule has 0 aliphatic carbocycles. The molecular weight excluding hydrogens is 280 g/mol. The summed E-state index contributed by atoms with van der Waals surface area (Å²) in [5.41, 5.74) is 1.14. The molecular formula is C14H17ClN2O3. The van der Waals surface area contributed by atoms with Gasteiger partial charge in [0, 0.05) is 36.7 Å². The van der Waals surface area contributed by atoms with E-state index in [0.717, 1.165) is 18.4 Å². The Labute approximate surface area is 122 Å². The normalized spacial score (nSPS) is 16.2. The van der Waals surface area contributed by atoms with Crippen molar-refractivity contribution in [2.75, 3.05) is 19.0 Å². The molecule has 1 amide bonds. The van der Waals surface area contributed by atoms with Gasteiger partial charge in [-0.1, -0.05) is 6.07 Å². The summed E-state index contributed by atoms with van der Waals surface area (Å²) in [5, 5.41) is 10.8. The van der Waals surface area contributed by atoms with E-state index in [2.05, 4.69) is 0 Å². The fourth-order valence-electron chi connectivity index (χ4n) is 2.41. The number of benzene rings is 1. The van der Waals surface area contributed by atoms with Crippen LogP contribution in [0.25, 0.3) is 0 Å². The van der Waals surface area contributed by atoms with Gasteiger partial charge in [-0.25, -0.2) is 0 Å². The van der Waals surface area contributed by atoms with Crippen LogP contribution in [0, 0.1) is 23.0 Å². The highest BCUT2D eigenvalue weighted by Gasteiger charge is 2.25. The first-order valence-corrected chi connectivity index (χ1v) is 7.16. The maximum absolute atomic E-state index is 12.5. The lowest BCUT2D eigenvalue weighted by Crippen LogP contribution is -2.39. The van der Waals surface area contributed by atoms with E-state index in [1.165, 1.54) is 12.1 Å². The molecule has 20 heavy (non-hydrogen) atoms. The molecule has 0 bridgehead atoms. The van der Waals surface area contributed by atoms with Crippen molar-refractivity contribution in [2.24, 2.45) is 5.92 Å². The van der Waals surface area contributed by atoms with Crippen molar-refractivity contribution in [3.63, 3.8) is 0 Å². The second kappa shape index (κ2) is 6.22. The summed E-state index contributed by atoms with van der Waals surface area (Å²) in [7, 11) is 0. The number of alkyl halides is 1. The van der Waals surface area contributed by atoms with Crippen LogP contribution in [0.3, 0.4) is 0 Å². The Morgan fingerprint density at radius 2 is 2.10 bits per heavy atom. The van der Waals surface area contributed by atoms with E-state index in [0.29, 0.717) is 30.5 Å². The summed E-state index contributed by atoms with van der Waals surface area (Å²) in [4.78, 5) is 24.6. The van der Waals surface area contributed by atoms with E-state index in [9.17, 15) is 14.9 Å². The van der Waals surface area contributed by atoms with E-state index >= 15 is 0 Å². The van der Waals surface area contributed by atoms with Gasteiger partial charge in [-0.2, -0.15) is 0 Å². The summed E-state index contributed by atoms with van der Waals surface area (Å²) in [6, 6.07) is 4.41. The number of nitro groups is 1. The zero-order chi connectivity index (χ0) is 14.7. The maximum Gasteiger partial charge on any atom is 0.270 e. The molecule has 1 fully saturated rings. The molecule has 1 heterocycles. The van der Waals surface area contributed by atoms with Crippen LogP contribution < -0.4 is 0 Å². The van der Waals surface area contributed by atoms with Gasteiger partial charge in [0.15, 0.2) is 0 Å². The van der Waals surface area contributed by atoms with Crippen LogP contribution in [0.1, 0.15) is 28.8 Å². The van der Waals surface area contributed by atoms with Crippen LogP contribution in [0.4, 0.5) is 5.69 Å². The molecule has 0 saturated carbocycles. The number of amides is 1. The molecule has 108 valence electrons. The summed E-state index contributed by atoms with van der Waals surface area (Å²) < 4.78 is 0. The number of non-ortho nitro benzene ring substituents is 1. The number of halogens is 1. The molecule has 1 aromatic rings. The number of rotatable bonds is 3. The highest BCUT2D eigenvalue weighted by molar-refractivity contribution is 6.18. The van der Waals surface area contributed by atoms with E-state index < -0.39 is 4.92 Å². The average molecular weight is 297 g/mol. The molecule has 1 aliphatic rings. The Bertz CT molecular complexity index is 525. The molecule has 0 radical (unpaired) electrons. The third-order valence-electron chi connectivity index (χ3n) is 3.78. The topological polar surface area (TPSA) is 63.5 Å². The predicted octanol–water partition coefficient (Wildman–Crippen LogP) is 2.99. The number of carbonyl (C=O) groups is 1. The zero-order valence-corrected chi connectivity index (χ0v) is 12.1. The van der Waals surface area contributed by atoms with Gasteiger partial charge >= 0.3 is 0 Å². The first kappa shape index (κ1) is 14.8. The molecule has 0 unspecified atom stereocenters. The molecule has 6 heteroatoms. The number of nitro benzene ring substituents is 1. The van der Waals surface area contributed by atoms with Gasteiger partial charge in [0.2, 0.25) is 0 Å². The van der Waals surface area contributed by atoms with Crippen LogP contribution in [-0.2, 0) is 0 Å². The molecule has 1 aromatic carbocycles. The first-order valence-electron chi connectivity index (χ1n) is 6.63. The van der Waals surface area contributed by atoms with Crippen molar-refractivity contribution in [1.29, 1.82) is 0 Å². The van der Waals surface area contributed by atoms with Crippen LogP contribution >= 0.6 is 11.6 Å². The van der Waals surface area contributed by atoms with E-state index in [1.807, 2.05) is 0 Å². The zero-order valence-electron chi connectivity index (χ0n) is 11.3. The Balaban J connectivity index is 2.17. The fraction of sp³-hybridized carbons (Fsp3) is 0.500. The first-order chi connectivity index (χ1) is 9.52. The number of aryl methyl sites for hydroxylation is 1. The highest BCUT2D eigenvalue weighted by atomic mass is 35.5. The predicted molar refractivity (Wildman–Crippen MR) is 77.2 cm³/mol. The molecule has 2 rings (SSSR count). The SMILES string of the molecule is Cc1ccc([N+](=O)[O-])cc1C(=O)N1CCC(CCl)CC1. The largest absolute Gasteiger partial charge is 0.339 e. The number of nitrogens with zero attached hydrogens (tertiary/aromatic N) is 2. The lowest BCUT2D eigenvalue weighted by atomic mass is 9.97. The van der Waals surface area contributed by atoms with Crippen molar-refractivity contribution in [1.82, 2.24) is 4.90 Å². The van der Waals surface area contributed by atoms with Crippen molar-refractivity contribution in [2.45, 2.75) is 19.8 Å². The summed E-state index contributed by atoms with van der Waals surface area (Å²) >= 11 is 5.83. The standard InChI is InChI=1S/C14H17ClN2O3/c1-10-2-3-12(17(19)20)8-13(10)14(18)16-6-4-11(9-15)5-7-16/h2-3,8,11H,4-7,9H2,1H3.